The molecule has 0 aromatic heterocycles. The van der Waals surface area contributed by atoms with Gasteiger partial charge in [0.05, 0.1) is 4.90 Å². The van der Waals surface area contributed by atoms with Crippen molar-refractivity contribution in [2.45, 2.75) is 29.8 Å². The van der Waals surface area contributed by atoms with Crippen LogP contribution >= 0.6 is 0 Å². The van der Waals surface area contributed by atoms with Gasteiger partial charge in [0.15, 0.2) is 0 Å². The normalized spacial score (nSPS) is 12.9. The van der Waals surface area contributed by atoms with Crippen LogP contribution < -0.4 is 9.47 Å². The third kappa shape index (κ3) is 5.93. The molecule has 3 rings (SSSR count). The van der Waals surface area contributed by atoms with Crippen LogP contribution in [0, 0.1) is 6.92 Å². The Morgan fingerprint density at radius 1 is 0.667 bits per heavy atom. The molecule has 0 N–H and O–H groups in total. The van der Waals surface area contributed by atoms with Gasteiger partial charge in [-0.1, -0.05) is 48.0 Å². The van der Waals surface area contributed by atoms with E-state index >= 15 is 0 Å². The van der Waals surface area contributed by atoms with Gasteiger partial charge in [-0.15, -0.1) is 0 Å². The molecule has 0 aliphatic heterocycles. The highest BCUT2D eigenvalue weighted by atomic mass is 32.2. The predicted molar refractivity (Wildman–Crippen MR) is 117 cm³/mol. The summed E-state index contributed by atoms with van der Waals surface area (Å²) in [5, 5.41) is 0. The van der Waals surface area contributed by atoms with Crippen LogP contribution in [0.2, 0.25) is 0 Å². The summed E-state index contributed by atoms with van der Waals surface area (Å²) in [5.41, 5.74) is -6.17. The van der Waals surface area contributed by atoms with Gasteiger partial charge < -0.3 is 9.47 Å². The Morgan fingerprint density at radius 2 is 1.14 bits per heavy atom. The molecule has 0 spiro atoms. The fourth-order valence-corrected chi connectivity index (χ4v) is 4.35. The first-order valence-electron chi connectivity index (χ1n) is 10.3. The molecule has 0 saturated heterocycles. The lowest BCUT2D eigenvalue weighted by atomic mass is 9.92. The van der Waals surface area contributed by atoms with Crippen LogP contribution in [0.5, 0.6) is 11.5 Å². The van der Waals surface area contributed by atoms with Crippen molar-refractivity contribution in [1.82, 2.24) is 0 Å². The highest BCUT2D eigenvalue weighted by molar-refractivity contribution is 7.86. The van der Waals surface area contributed by atoms with Crippen molar-refractivity contribution in [3.05, 3.63) is 90.0 Å². The fourth-order valence-electron chi connectivity index (χ4n) is 3.17. The van der Waals surface area contributed by atoms with E-state index in [0.717, 1.165) is 36.4 Å². The van der Waals surface area contributed by atoms with Crippen LogP contribution in [-0.2, 0) is 19.9 Å². The van der Waals surface area contributed by atoms with Gasteiger partial charge in [-0.05, 0) is 43.3 Å². The molecule has 0 fully saturated rings. The molecule has 3 aromatic carbocycles. The van der Waals surface area contributed by atoms with E-state index in [1.807, 2.05) is 0 Å². The Bertz CT molecular complexity index is 1230. The number of halogens is 6. The molecular weight excluding hydrogens is 514 g/mol. The maximum atomic E-state index is 13.9. The van der Waals surface area contributed by atoms with E-state index in [4.69, 9.17) is 9.47 Å². The molecule has 0 atom stereocenters. The zero-order chi connectivity index (χ0) is 26.6. The monoisotopic (exact) mass is 534 g/mol. The smallest absolute Gasteiger partial charge is 0.432 e. The Hall–Kier alpha value is -3.25. The molecule has 194 valence electrons. The predicted octanol–water partition coefficient (Wildman–Crippen LogP) is 6.18. The molecule has 0 amide bonds. The second-order valence-electron chi connectivity index (χ2n) is 7.56. The zero-order valence-corrected chi connectivity index (χ0v) is 19.5. The Morgan fingerprint density at radius 3 is 1.61 bits per heavy atom. The van der Waals surface area contributed by atoms with E-state index in [9.17, 15) is 34.8 Å². The number of para-hydroxylation sites is 1. The lowest BCUT2D eigenvalue weighted by Gasteiger charge is -2.36. The average molecular weight is 534 g/mol. The minimum atomic E-state index is -6.16. The van der Waals surface area contributed by atoms with Crippen molar-refractivity contribution >= 4 is 10.1 Å². The molecule has 0 aliphatic carbocycles. The molecule has 12 heteroatoms. The van der Waals surface area contributed by atoms with Crippen LogP contribution in [0.15, 0.2) is 83.8 Å². The molecule has 0 radical (unpaired) electrons. The summed E-state index contributed by atoms with van der Waals surface area (Å²) in [6.07, 6.45) is -12.3. The van der Waals surface area contributed by atoms with E-state index in [1.54, 1.807) is 30.3 Å². The highest BCUT2D eigenvalue weighted by Crippen LogP contribution is 2.54. The second-order valence-corrected chi connectivity index (χ2v) is 9.11. The van der Waals surface area contributed by atoms with Gasteiger partial charge in [0.25, 0.3) is 10.1 Å². The van der Waals surface area contributed by atoms with Crippen LogP contribution in [-0.4, -0.2) is 34.0 Å². The van der Waals surface area contributed by atoms with Crippen LogP contribution in [0.4, 0.5) is 26.3 Å². The molecule has 0 heterocycles. The largest absolute Gasteiger partial charge is 0.490 e. The van der Waals surface area contributed by atoms with Crippen LogP contribution in [0.25, 0.3) is 0 Å². The van der Waals surface area contributed by atoms with Gasteiger partial charge in [-0.3, -0.25) is 0 Å². The van der Waals surface area contributed by atoms with Crippen molar-refractivity contribution < 1.29 is 48.4 Å². The van der Waals surface area contributed by atoms with Crippen LogP contribution in [0.1, 0.15) is 11.1 Å². The molecule has 0 saturated carbocycles. The minimum Gasteiger partial charge on any atom is -0.490 e. The van der Waals surface area contributed by atoms with Gasteiger partial charge in [-0.25, -0.2) is 4.18 Å². The maximum absolute atomic E-state index is 13.9. The summed E-state index contributed by atoms with van der Waals surface area (Å²) in [6, 6.07) is 15.5. The van der Waals surface area contributed by atoms with Crippen molar-refractivity contribution in [3.8, 4) is 11.5 Å². The number of benzene rings is 3. The fraction of sp³-hybridized carbons (Fsp3) is 0.250. The first-order valence-corrected chi connectivity index (χ1v) is 11.7. The molecule has 5 nitrogen and oxygen atoms in total. The molecule has 0 aliphatic rings. The Balaban J connectivity index is 1.81. The molecule has 0 bridgehead atoms. The number of hydrogen-bond donors (Lipinski definition) is 0. The Labute approximate surface area is 203 Å². The van der Waals surface area contributed by atoms with Gasteiger partial charge in [0, 0.05) is 5.56 Å². The first-order chi connectivity index (χ1) is 16.8. The van der Waals surface area contributed by atoms with E-state index in [2.05, 4.69) is 4.18 Å². The summed E-state index contributed by atoms with van der Waals surface area (Å²) in [4.78, 5) is -0.916. The molecule has 0 unspecified atom stereocenters. The summed E-state index contributed by atoms with van der Waals surface area (Å²) < 4.78 is 124. The van der Waals surface area contributed by atoms with Crippen molar-refractivity contribution in [2.75, 3.05) is 13.2 Å². The Kier molecular flexibility index (Phi) is 7.89. The average Bonchev–Trinajstić information content (AvgIpc) is 2.80. The van der Waals surface area contributed by atoms with E-state index in [0.29, 0.717) is 23.4 Å². The van der Waals surface area contributed by atoms with Gasteiger partial charge >= 0.3 is 18.0 Å². The molecule has 36 heavy (non-hydrogen) atoms. The lowest BCUT2D eigenvalue weighted by Crippen LogP contribution is -2.56. The second kappa shape index (κ2) is 10.4. The molecule has 3 aromatic rings. The van der Waals surface area contributed by atoms with Crippen LogP contribution in [0.3, 0.4) is 0 Å². The number of ether oxygens (including phenoxy) is 2. The summed E-state index contributed by atoms with van der Waals surface area (Å²) in [5.74, 6) is 0.702. The summed E-state index contributed by atoms with van der Waals surface area (Å²) >= 11 is 0. The van der Waals surface area contributed by atoms with Gasteiger partial charge in [0.2, 0.25) is 0 Å². The first kappa shape index (κ1) is 27.3. The summed E-state index contributed by atoms with van der Waals surface area (Å²) in [7, 11) is -5.54. The van der Waals surface area contributed by atoms with Crippen molar-refractivity contribution in [3.63, 3.8) is 0 Å². The van der Waals surface area contributed by atoms with Crippen molar-refractivity contribution in [2.24, 2.45) is 0 Å². The lowest BCUT2D eigenvalue weighted by molar-refractivity contribution is -0.364. The summed E-state index contributed by atoms with van der Waals surface area (Å²) in [6.45, 7) is 1.61. The topological polar surface area (TPSA) is 61.8 Å². The number of rotatable bonds is 9. The third-order valence-electron chi connectivity index (χ3n) is 4.97. The van der Waals surface area contributed by atoms with E-state index < -0.39 is 38.5 Å². The highest BCUT2D eigenvalue weighted by Gasteiger charge is 2.75. The zero-order valence-electron chi connectivity index (χ0n) is 18.6. The van der Waals surface area contributed by atoms with Crippen molar-refractivity contribution in [1.29, 1.82) is 0 Å². The number of aryl methyl sites for hydroxylation is 1. The van der Waals surface area contributed by atoms with Gasteiger partial charge in [-0.2, -0.15) is 34.8 Å². The maximum Gasteiger partial charge on any atom is 0.432 e. The standard InChI is InChI=1S/C24H20F6O5S/c1-17-7-9-18(10-8-17)22(23(25,26)27,24(28,29)30)35-36(31,32)21-13-11-20(12-14-21)34-16-15-33-19-5-3-2-4-6-19/h2-14H,15-16H2,1H3. The minimum absolute atomic E-state index is 0.0379. The molecular formula is C24H20F6O5S. The van der Waals surface area contributed by atoms with E-state index in [1.165, 1.54) is 6.92 Å². The SMILES string of the molecule is Cc1ccc(C(OS(=O)(=O)c2ccc(OCCOc3ccccc3)cc2)(C(F)(F)F)C(F)(F)F)cc1. The number of alkyl halides is 6. The quantitative estimate of drug-likeness (QED) is 0.187. The third-order valence-corrected chi connectivity index (χ3v) is 6.29. The number of hydrogen-bond acceptors (Lipinski definition) is 5. The van der Waals surface area contributed by atoms with Gasteiger partial charge in [0.1, 0.15) is 24.7 Å². The van der Waals surface area contributed by atoms with E-state index in [-0.39, 0.29) is 19.0 Å².